The summed E-state index contributed by atoms with van der Waals surface area (Å²) in [5, 5.41) is 3.97. The van der Waals surface area contributed by atoms with Gasteiger partial charge in [-0.1, -0.05) is 43.6 Å². The van der Waals surface area contributed by atoms with E-state index < -0.39 is 9.84 Å². The van der Waals surface area contributed by atoms with E-state index >= 15 is 0 Å². The fraction of sp³-hybridized carbons (Fsp3) is 0.625. The van der Waals surface area contributed by atoms with E-state index in [0.29, 0.717) is 23.0 Å². The Hall–Kier alpha value is -0.580. The smallest absolute Gasteiger partial charge is 0.154 e. The van der Waals surface area contributed by atoms with Crippen molar-refractivity contribution in [3.05, 3.63) is 34.9 Å². The van der Waals surface area contributed by atoms with E-state index in [0.717, 1.165) is 25.8 Å². The average molecular weight is 332 g/mol. The fourth-order valence-electron chi connectivity index (χ4n) is 2.27. The van der Waals surface area contributed by atoms with Crippen molar-refractivity contribution in [3.63, 3.8) is 0 Å². The quantitative estimate of drug-likeness (QED) is 0.709. The predicted molar refractivity (Wildman–Crippen MR) is 90.5 cm³/mol. The molecule has 0 fully saturated rings. The molecule has 0 aliphatic rings. The molecule has 0 aliphatic heterocycles. The fourth-order valence-corrected chi connectivity index (χ4v) is 4.03. The summed E-state index contributed by atoms with van der Waals surface area (Å²) in [7, 11) is -3.09. The van der Waals surface area contributed by atoms with E-state index in [-0.39, 0.29) is 11.5 Å². The van der Waals surface area contributed by atoms with Crippen molar-refractivity contribution in [1.29, 1.82) is 0 Å². The van der Waals surface area contributed by atoms with E-state index in [9.17, 15) is 8.42 Å². The Morgan fingerprint density at radius 3 is 2.57 bits per heavy atom. The van der Waals surface area contributed by atoms with Crippen molar-refractivity contribution in [2.45, 2.75) is 51.3 Å². The second kappa shape index (κ2) is 9.44. The van der Waals surface area contributed by atoms with Gasteiger partial charge in [-0.25, -0.2) is 8.42 Å². The molecule has 0 spiro atoms. The molecule has 5 heteroatoms. The molecule has 1 aromatic carbocycles. The molecule has 1 rings (SSSR count). The van der Waals surface area contributed by atoms with Crippen LogP contribution in [-0.2, 0) is 15.6 Å². The summed E-state index contributed by atoms with van der Waals surface area (Å²) < 4.78 is 24.3. The predicted octanol–water partition coefficient (Wildman–Crippen LogP) is 3.81. The van der Waals surface area contributed by atoms with Crippen molar-refractivity contribution >= 4 is 21.4 Å². The Bertz CT molecular complexity index is 517. The summed E-state index contributed by atoms with van der Waals surface area (Å²) in [6, 6.07) is 7.55. The zero-order valence-electron chi connectivity index (χ0n) is 12.9. The van der Waals surface area contributed by atoms with Gasteiger partial charge in [0, 0.05) is 11.1 Å². The van der Waals surface area contributed by atoms with Gasteiger partial charge in [-0.3, -0.25) is 0 Å². The van der Waals surface area contributed by atoms with Crippen molar-refractivity contribution in [1.82, 2.24) is 5.32 Å². The first-order valence-corrected chi connectivity index (χ1v) is 9.85. The van der Waals surface area contributed by atoms with Crippen molar-refractivity contribution in [2.24, 2.45) is 0 Å². The van der Waals surface area contributed by atoms with Gasteiger partial charge in [0.05, 0.1) is 11.5 Å². The first-order chi connectivity index (χ1) is 9.98. The molecule has 1 atom stereocenters. The highest BCUT2D eigenvalue weighted by atomic mass is 35.5. The minimum Gasteiger partial charge on any atom is -0.314 e. The lowest BCUT2D eigenvalue weighted by molar-refractivity contribution is 0.463. The molecule has 0 bridgehead atoms. The topological polar surface area (TPSA) is 46.2 Å². The maximum absolute atomic E-state index is 12.2. The third-order valence-electron chi connectivity index (χ3n) is 3.52. The Balaban J connectivity index is 2.44. The van der Waals surface area contributed by atoms with Crippen molar-refractivity contribution in [2.75, 3.05) is 12.3 Å². The molecule has 21 heavy (non-hydrogen) atoms. The SMILES string of the molecule is CCCNC(CC)CCCS(=O)(=O)Cc1ccccc1Cl. The number of benzene rings is 1. The maximum Gasteiger partial charge on any atom is 0.154 e. The second-order valence-electron chi connectivity index (χ2n) is 5.38. The van der Waals surface area contributed by atoms with Crippen LogP contribution in [0, 0.1) is 0 Å². The van der Waals surface area contributed by atoms with E-state index in [1.165, 1.54) is 0 Å². The number of sulfone groups is 1. The highest BCUT2D eigenvalue weighted by Gasteiger charge is 2.15. The Morgan fingerprint density at radius 2 is 1.95 bits per heavy atom. The highest BCUT2D eigenvalue weighted by Crippen LogP contribution is 2.18. The highest BCUT2D eigenvalue weighted by molar-refractivity contribution is 7.90. The minimum atomic E-state index is -3.09. The number of nitrogens with one attached hydrogen (secondary N) is 1. The van der Waals surface area contributed by atoms with Gasteiger partial charge in [-0.05, 0) is 43.9 Å². The molecule has 0 aliphatic carbocycles. The molecule has 0 amide bonds. The summed E-state index contributed by atoms with van der Waals surface area (Å²) in [6.07, 6.45) is 3.73. The molecule has 0 radical (unpaired) electrons. The Labute approximate surface area is 134 Å². The van der Waals surface area contributed by atoms with Crippen LogP contribution in [0.3, 0.4) is 0 Å². The van der Waals surface area contributed by atoms with Crippen molar-refractivity contribution in [3.8, 4) is 0 Å². The van der Waals surface area contributed by atoms with E-state index in [1.807, 2.05) is 12.1 Å². The summed E-state index contributed by atoms with van der Waals surface area (Å²) in [6.45, 7) is 5.25. The van der Waals surface area contributed by atoms with Crippen LogP contribution >= 0.6 is 11.6 Å². The summed E-state index contributed by atoms with van der Waals surface area (Å²) in [5.41, 5.74) is 0.690. The van der Waals surface area contributed by atoms with E-state index in [2.05, 4.69) is 19.2 Å². The normalized spacial score (nSPS) is 13.3. The molecule has 1 N–H and O–H groups in total. The van der Waals surface area contributed by atoms with Crippen LogP contribution in [-0.4, -0.2) is 26.8 Å². The minimum absolute atomic E-state index is 0.0336. The standard InChI is InChI=1S/C16H26ClNO2S/c1-3-11-18-15(4-2)9-7-12-21(19,20)13-14-8-5-6-10-16(14)17/h5-6,8,10,15,18H,3-4,7,9,11-13H2,1-2H3. The average Bonchev–Trinajstić information content (AvgIpc) is 2.45. The summed E-state index contributed by atoms with van der Waals surface area (Å²) >= 11 is 6.02. The van der Waals surface area contributed by atoms with Crippen LogP contribution in [0.2, 0.25) is 5.02 Å². The van der Waals surface area contributed by atoms with Crippen LogP contribution < -0.4 is 5.32 Å². The lowest BCUT2D eigenvalue weighted by Crippen LogP contribution is -2.29. The molecular formula is C16H26ClNO2S. The van der Waals surface area contributed by atoms with Gasteiger partial charge in [0.1, 0.15) is 0 Å². The first kappa shape index (κ1) is 18.5. The Morgan fingerprint density at radius 1 is 1.24 bits per heavy atom. The molecule has 1 unspecified atom stereocenters. The van der Waals surface area contributed by atoms with Crippen LogP contribution in [0.25, 0.3) is 0 Å². The third-order valence-corrected chi connectivity index (χ3v) is 5.55. The maximum atomic E-state index is 12.2. The molecule has 0 aromatic heterocycles. The Kier molecular flexibility index (Phi) is 8.30. The number of rotatable bonds is 10. The van der Waals surface area contributed by atoms with E-state index in [1.54, 1.807) is 12.1 Å². The molecule has 0 saturated heterocycles. The van der Waals surface area contributed by atoms with E-state index in [4.69, 9.17) is 11.6 Å². The van der Waals surface area contributed by atoms with Gasteiger partial charge < -0.3 is 5.32 Å². The van der Waals surface area contributed by atoms with Crippen LogP contribution in [0.1, 0.15) is 45.1 Å². The lowest BCUT2D eigenvalue weighted by Gasteiger charge is -2.16. The van der Waals surface area contributed by atoms with Crippen LogP contribution in [0.5, 0.6) is 0 Å². The molecule has 0 saturated carbocycles. The van der Waals surface area contributed by atoms with Crippen LogP contribution in [0.15, 0.2) is 24.3 Å². The van der Waals surface area contributed by atoms with Gasteiger partial charge in [0.25, 0.3) is 0 Å². The van der Waals surface area contributed by atoms with Gasteiger partial charge in [0.2, 0.25) is 0 Å². The molecule has 120 valence electrons. The zero-order chi connectivity index (χ0) is 15.7. The monoisotopic (exact) mass is 331 g/mol. The number of hydrogen-bond acceptors (Lipinski definition) is 3. The van der Waals surface area contributed by atoms with Gasteiger partial charge >= 0.3 is 0 Å². The van der Waals surface area contributed by atoms with Gasteiger partial charge in [-0.2, -0.15) is 0 Å². The zero-order valence-corrected chi connectivity index (χ0v) is 14.5. The first-order valence-electron chi connectivity index (χ1n) is 7.65. The van der Waals surface area contributed by atoms with Gasteiger partial charge in [-0.15, -0.1) is 0 Å². The van der Waals surface area contributed by atoms with Crippen molar-refractivity contribution < 1.29 is 8.42 Å². The lowest BCUT2D eigenvalue weighted by atomic mass is 10.1. The van der Waals surface area contributed by atoms with Gasteiger partial charge in [0.15, 0.2) is 9.84 Å². The largest absolute Gasteiger partial charge is 0.314 e. The molecule has 3 nitrogen and oxygen atoms in total. The summed E-state index contributed by atoms with van der Waals surface area (Å²) in [4.78, 5) is 0. The summed E-state index contributed by atoms with van der Waals surface area (Å²) in [5.74, 6) is 0.258. The second-order valence-corrected chi connectivity index (χ2v) is 7.98. The molecule has 1 aromatic rings. The third kappa shape index (κ3) is 7.30. The molecular weight excluding hydrogens is 306 g/mol. The molecule has 0 heterocycles. The van der Waals surface area contributed by atoms with Crippen LogP contribution in [0.4, 0.5) is 0 Å². The number of hydrogen-bond donors (Lipinski definition) is 1. The number of halogens is 1.